The van der Waals surface area contributed by atoms with E-state index >= 15 is 0 Å². The normalized spacial score (nSPS) is 10.2. The number of hydrogen-bond acceptors (Lipinski definition) is 3. The van der Waals surface area contributed by atoms with Crippen LogP contribution in [0.5, 0.6) is 0 Å². The zero-order chi connectivity index (χ0) is 11.5. The molecule has 2 rings (SSSR count). The van der Waals surface area contributed by atoms with Crippen LogP contribution >= 0.6 is 0 Å². The molecule has 2 N–H and O–H groups in total. The van der Waals surface area contributed by atoms with Crippen molar-refractivity contribution in [3.05, 3.63) is 62.3 Å². The summed E-state index contributed by atoms with van der Waals surface area (Å²) in [6, 6.07) is 6.46. The predicted octanol–water partition coefficient (Wildman–Crippen LogP) is 1.20. The predicted molar refractivity (Wildman–Crippen MR) is 57.3 cm³/mol. The topological polar surface area (TPSA) is 91.8 Å². The Morgan fingerprint density at radius 1 is 1.31 bits per heavy atom. The van der Waals surface area contributed by atoms with Crippen molar-refractivity contribution in [3.63, 3.8) is 0 Å². The lowest BCUT2D eigenvalue weighted by Crippen LogP contribution is -2.02. The Balaban J connectivity index is 2.34. The van der Waals surface area contributed by atoms with Gasteiger partial charge in [-0.1, -0.05) is 18.2 Å². The second kappa shape index (κ2) is 4.01. The summed E-state index contributed by atoms with van der Waals surface area (Å²) >= 11 is 0. The Hall–Kier alpha value is -2.37. The molecule has 0 saturated heterocycles. The summed E-state index contributed by atoms with van der Waals surface area (Å²) in [7, 11) is 0. The van der Waals surface area contributed by atoms with Crippen molar-refractivity contribution < 1.29 is 4.92 Å². The molecule has 0 radical (unpaired) electrons. The van der Waals surface area contributed by atoms with E-state index in [4.69, 9.17) is 0 Å². The van der Waals surface area contributed by atoms with E-state index in [1.165, 1.54) is 12.3 Å². The number of imidazole rings is 1. The van der Waals surface area contributed by atoms with Gasteiger partial charge in [0.05, 0.1) is 4.92 Å². The number of rotatable bonds is 3. The molecule has 0 amide bonds. The van der Waals surface area contributed by atoms with Crippen molar-refractivity contribution in [3.8, 4) is 0 Å². The first-order chi connectivity index (χ1) is 7.66. The van der Waals surface area contributed by atoms with Crippen LogP contribution in [0.2, 0.25) is 0 Å². The van der Waals surface area contributed by atoms with Gasteiger partial charge < -0.3 is 9.97 Å². The molecular formula is C10H9N3O3. The van der Waals surface area contributed by atoms with Gasteiger partial charge in [-0.2, -0.15) is 0 Å². The minimum atomic E-state index is -0.430. The third-order valence-corrected chi connectivity index (χ3v) is 2.22. The monoisotopic (exact) mass is 219 g/mol. The largest absolute Gasteiger partial charge is 0.323 e. The molecule has 0 aliphatic rings. The third-order valence-electron chi connectivity index (χ3n) is 2.22. The molecule has 0 aliphatic heterocycles. The van der Waals surface area contributed by atoms with Crippen LogP contribution in [0.1, 0.15) is 11.3 Å². The molecule has 2 aromatic rings. The van der Waals surface area contributed by atoms with Crippen LogP contribution in [0.4, 0.5) is 5.69 Å². The van der Waals surface area contributed by atoms with Crippen molar-refractivity contribution >= 4 is 5.69 Å². The van der Waals surface area contributed by atoms with Gasteiger partial charge in [-0.25, -0.2) is 4.79 Å². The molecule has 1 heterocycles. The molecule has 6 nitrogen and oxygen atoms in total. The number of aromatic amines is 2. The van der Waals surface area contributed by atoms with Gasteiger partial charge in [0.25, 0.3) is 5.69 Å². The quantitative estimate of drug-likeness (QED) is 0.600. The first kappa shape index (κ1) is 10.2. The first-order valence-electron chi connectivity index (χ1n) is 4.65. The number of H-pyrrole nitrogens is 2. The maximum Gasteiger partial charge on any atom is 0.323 e. The SMILES string of the molecule is O=c1[nH]cc(Cc2ccccc2[N+](=O)[O-])[nH]1. The van der Waals surface area contributed by atoms with E-state index < -0.39 is 4.92 Å². The van der Waals surface area contributed by atoms with Gasteiger partial charge in [0.1, 0.15) is 0 Å². The van der Waals surface area contributed by atoms with Gasteiger partial charge in [0.15, 0.2) is 0 Å². The molecule has 6 heteroatoms. The highest BCUT2D eigenvalue weighted by atomic mass is 16.6. The van der Waals surface area contributed by atoms with Gasteiger partial charge in [-0.15, -0.1) is 0 Å². The molecule has 0 aliphatic carbocycles. The van der Waals surface area contributed by atoms with Crippen molar-refractivity contribution in [1.82, 2.24) is 9.97 Å². The molecular weight excluding hydrogens is 210 g/mol. The van der Waals surface area contributed by atoms with E-state index in [0.717, 1.165) is 0 Å². The van der Waals surface area contributed by atoms with Crippen LogP contribution < -0.4 is 5.69 Å². The van der Waals surface area contributed by atoms with E-state index in [-0.39, 0.29) is 11.4 Å². The van der Waals surface area contributed by atoms with E-state index in [0.29, 0.717) is 17.7 Å². The Morgan fingerprint density at radius 3 is 2.69 bits per heavy atom. The van der Waals surface area contributed by atoms with Crippen LogP contribution in [0.15, 0.2) is 35.3 Å². The molecule has 0 spiro atoms. The molecule has 0 fully saturated rings. The van der Waals surface area contributed by atoms with E-state index in [2.05, 4.69) is 9.97 Å². The highest BCUT2D eigenvalue weighted by Gasteiger charge is 2.12. The zero-order valence-corrected chi connectivity index (χ0v) is 8.27. The molecule has 1 aromatic heterocycles. The fourth-order valence-electron chi connectivity index (χ4n) is 1.51. The van der Waals surface area contributed by atoms with Gasteiger partial charge in [0.2, 0.25) is 0 Å². The standard InChI is InChI=1S/C10H9N3O3/c14-10-11-6-8(12-10)5-7-3-1-2-4-9(7)13(15)16/h1-4,6H,5H2,(H2,11,12,14). The van der Waals surface area contributed by atoms with Crippen molar-refractivity contribution in [2.45, 2.75) is 6.42 Å². The molecule has 82 valence electrons. The summed E-state index contributed by atoms with van der Waals surface area (Å²) in [5, 5.41) is 10.7. The lowest BCUT2D eigenvalue weighted by Gasteiger charge is -1.99. The van der Waals surface area contributed by atoms with Gasteiger partial charge in [-0.05, 0) is 0 Å². The minimum Gasteiger partial charge on any atom is -0.313 e. The molecule has 0 bridgehead atoms. The number of benzene rings is 1. The zero-order valence-electron chi connectivity index (χ0n) is 8.27. The summed E-state index contributed by atoms with van der Waals surface area (Å²) in [6.07, 6.45) is 1.84. The van der Waals surface area contributed by atoms with Crippen molar-refractivity contribution in [1.29, 1.82) is 0 Å². The average Bonchev–Trinajstić information content (AvgIpc) is 2.64. The number of nitrogens with one attached hydrogen (secondary N) is 2. The highest BCUT2D eigenvalue weighted by molar-refractivity contribution is 5.41. The summed E-state index contributed by atoms with van der Waals surface area (Å²) in [5.74, 6) is 0. The smallest absolute Gasteiger partial charge is 0.313 e. The molecule has 0 atom stereocenters. The maximum absolute atomic E-state index is 10.9. The number of aromatic nitrogens is 2. The Kier molecular flexibility index (Phi) is 2.55. The van der Waals surface area contributed by atoms with Crippen molar-refractivity contribution in [2.75, 3.05) is 0 Å². The Labute approximate surface area is 90.1 Å². The van der Waals surface area contributed by atoms with Gasteiger partial charge >= 0.3 is 5.69 Å². The first-order valence-corrected chi connectivity index (χ1v) is 4.65. The third kappa shape index (κ3) is 2.00. The van der Waals surface area contributed by atoms with E-state index in [9.17, 15) is 14.9 Å². The van der Waals surface area contributed by atoms with Crippen LogP contribution in [-0.4, -0.2) is 14.9 Å². The lowest BCUT2D eigenvalue weighted by molar-refractivity contribution is -0.385. The van der Waals surface area contributed by atoms with Gasteiger partial charge in [0, 0.05) is 29.9 Å². The Morgan fingerprint density at radius 2 is 2.06 bits per heavy atom. The van der Waals surface area contributed by atoms with Gasteiger partial charge in [-0.3, -0.25) is 10.1 Å². The number of nitro groups is 1. The fourth-order valence-corrected chi connectivity index (χ4v) is 1.51. The molecule has 0 unspecified atom stereocenters. The summed E-state index contributed by atoms with van der Waals surface area (Å²) < 4.78 is 0. The van der Waals surface area contributed by atoms with Crippen LogP contribution in [0.3, 0.4) is 0 Å². The Bertz CT molecular complexity index is 570. The van der Waals surface area contributed by atoms with Crippen LogP contribution in [0.25, 0.3) is 0 Å². The van der Waals surface area contributed by atoms with E-state index in [1.54, 1.807) is 18.2 Å². The number of para-hydroxylation sites is 1. The fraction of sp³-hybridized carbons (Fsp3) is 0.100. The van der Waals surface area contributed by atoms with E-state index in [1.807, 2.05) is 0 Å². The second-order valence-corrected chi connectivity index (χ2v) is 3.33. The lowest BCUT2D eigenvalue weighted by atomic mass is 10.1. The van der Waals surface area contributed by atoms with Crippen molar-refractivity contribution in [2.24, 2.45) is 0 Å². The van der Waals surface area contributed by atoms with Crippen LogP contribution in [0, 0.1) is 10.1 Å². The number of nitrogens with zero attached hydrogens (tertiary/aromatic N) is 1. The highest BCUT2D eigenvalue weighted by Crippen LogP contribution is 2.19. The number of nitro benzene ring substituents is 1. The molecule has 0 saturated carbocycles. The average molecular weight is 219 g/mol. The molecule has 1 aromatic carbocycles. The minimum absolute atomic E-state index is 0.0598. The summed E-state index contributed by atoms with van der Waals surface area (Å²) in [5.41, 5.74) is 0.945. The van der Waals surface area contributed by atoms with Crippen LogP contribution in [-0.2, 0) is 6.42 Å². The molecule has 16 heavy (non-hydrogen) atoms. The maximum atomic E-state index is 10.9. The number of hydrogen-bond donors (Lipinski definition) is 2. The summed E-state index contributed by atoms with van der Waals surface area (Å²) in [6.45, 7) is 0. The summed E-state index contributed by atoms with van der Waals surface area (Å²) in [4.78, 5) is 26.2. The second-order valence-electron chi connectivity index (χ2n) is 3.33.